The van der Waals surface area contributed by atoms with Gasteiger partial charge in [-0.3, -0.25) is 4.79 Å². The van der Waals surface area contributed by atoms with Gasteiger partial charge in [0, 0.05) is 18.7 Å². The van der Waals surface area contributed by atoms with E-state index in [0.29, 0.717) is 25.9 Å². The monoisotopic (exact) mass is 314 g/mol. The minimum Gasteiger partial charge on any atom is -0.469 e. The first kappa shape index (κ1) is 15.6. The van der Waals surface area contributed by atoms with Crippen molar-refractivity contribution >= 4 is 28.9 Å². The lowest BCUT2D eigenvalue weighted by Crippen LogP contribution is -2.39. The lowest BCUT2D eigenvalue weighted by molar-refractivity contribution is -0.145. The highest BCUT2D eigenvalue weighted by Gasteiger charge is 2.29. The van der Waals surface area contributed by atoms with Gasteiger partial charge in [-0.25, -0.2) is 8.78 Å². The molecule has 1 heterocycles. The Morgan fingerprint density at radius 2 is 2.14 bits per heavy atom. The van der Waals surface area contributed by atoms with Gasteiger partial charge in [0.1, 0.15) is 4.99 Å². The molecule has 1 aliphatic heterocycles. The number of thiocarbonyl (C=S) groups is 1. The van der Waals surface area contributed by atoms with Crippen molar-refractivity contribution in [3.8, 4) is 0 Å². The molecule has 0 spiro atoms. The van der Waals surface area contributed by atoms with Crippen LogP contribution in [-0.4, -0.2) is 31.2 Å². The van der Waals surface area contributed by atoms with E-state index in [2.05, 4.69) is 12.2 Å². The lowest BCUT2D eigenvalue weighted by atomic mass is 9.97. The molecule has 1 fully saturated rings. The summed E-state index contributed by atoms with van der Waals surface area (Å²) in [6.45, 7) is 0.853. The summed E-state index contributed by atoms with van der Waals surface area (Å²) in [5.41, 5.74) is 5.34. The molecule has 2 N–H and O–H groups in total. The molecule has 1 atom stereocenters. The van der Waals surface area contributed by atoms with E-state index in [9.17, 15) is 13.6 Å². The molecule has 0 radical (unpaired) electrons. The van der Waals surface area contributed by atoms with Crippen LogP contribution >= 0.6 is 12.2 Å². The van der Waals surface area contributed by atoms with Crippen LogP contribution in [0.15, 0.2) is 12.1 Å². The molecule has 0 saturated carbocycles. The SMILES string of the molecule is COC(=O)C1CCCN(c2ccc(C(N)=S)c(F)c2F)C1. The first-order valence-corrected chi connectivity index (χ1v) is 6.97. The topological polar surface area (TPSA) is 55.6 Å². The summed E-state index contributed by atoms with van der Waals surface area (Å²) in [5, 5.41) is 0. The van der Waals surface area contributed by atoms with Crippen molar-refractivity contribution < 1.29 is 18.3 Å². The average Bonchev–Trinajstić information content (AvgIpc) is 2.48. The van der Waals surface area contributed by atoms with Gasteiger partial charge in [-0.15, -0.1) is 0 Å². The molecule has 0 aliphatic carbocycles. The summed E-state index contributed by atoms with van der Waals surface area (Å²) >= 11 is 4.67. The highest BCUT2D eigenvalue weighted by Crippen LogP contribution is 2.28. The second-order valence-electron chi connectivity index (χ2n) is 4.93. The van der Waals surface area contributed by atoms with Gasteiger partial charge in [-0.1, -0.05) is 12.2 Å². The third-order valence-electron chi connectivity index (χ3n) is 3.62. The molecule has 21 heavy (non-hydrogen) atoms. The van der Waals surface area contributed by atoms with Gasteiger partial charge in [0.25, 0.3) is 0 Å². The molecule has 7 heteroatoms. The van der Waals surface area contributed by atoms with Crippen molar-refractivity contribution in [2.24, 2.45) is 11.7 Å². The highest BCUT2D eigenvalue weighted by atomic mass is 32.1. The summed E-state index contributed by atoms with van der Waals surface area (Å²) in [4.78, 5) is 13.0. The van der Waals surface area contributed by atoms with Gasteiger partial charge in [-0.2, -0.15) is 0 Å². The van der Waals surface area contributed by atoms with Gasteiger partial charge in [0.2, 0.25) is 0 Å². The smallest absolute Gasteiger partial charge is 0.310 e. The quantitative estimate of drug-likeness (QED) is 0.683. The Kier molecular flexibility index (Phi) is 4.72. The fourth-order valence-corrected chi connectivity index (χ4v) is 2.69. The van der Waals surface area contributed by atoms with E-state index in [1.807, 2.05) is 0 Å². The normalized spacial score (nSPS) is 18.4. The third kappa shape index (κ3) is 3.12. The molecule has 1 unspecified atom stereocenters. The number of methoxy groups -OCH3 is 1. The summed E-state index contributed by atoms with van der Waals surface area (Å²) in [6, 6.07) is 2.80. The van der Waals surface area contributed by atoms with Crippen LogP contribution in [0.3, 0.4) is 0 Å². The number of halogens is 2. The Morgan fingerprint density at radius 1 is 1.43 bits per heavy atom. The van der Waals surface area contributed by atoms with E-state index in [1.54, 1.807) is 4.90 Å². The fourth-order valence-electron chi connectivity index (χ4n) is 2.53. The number of nitrogens with zero attached hydrogens (tertiary/aromatic N) is 1. The van der Waals surface area contributed by atoms with Crippen molar-refractivity contribution in [3.05, 3.63) is 29.3 Å². The minimum absolute atomic E-state index is 0.112. The van der Waals surface area contributed by atoms with E-state index in [-0.39, 0.29) is 28.1 Å². The average molecular weight is 314 g/mol. The number of carbonyl (C=O) groups is 1. The molecule has 0 aromatic heterocycles. The van der Waals surface area contributed by atoms with Crippen molar-refractivity contribution in [2.45, 2.75) is 12.8 Å². The first-order chi connectivity index (χ1) is 9.95. The Hall–Kier alpha value is -1.76. The number of ether oxygens (including phenoxy) is 1. The lowest BCUT2D eigenvalue weighted by Gasteiger charge is -2.33. The largest absolute Gasteiger partial charge is 0.469 e. The maximum atomic E-state index is 14.2. The number of benzene rings is 1. The van der Waals surface area contributed by atoms with E-state index in [4.69, 9.17) is 10.5 Å². The molecular weight excluding hydrogens is 298 g/mol. The van der Waals surface area contributed by atoms with E-state index in [1.165, 1.54) is 19.2 Å². The number of carbonyl (C=O) groups excluding carboxylic acids is 1. The predicted molar refractivity (Wildman–Crippen MR) is 79.2 cm³/mol. The van der Waals surface area contributed by atoms with Crippen LogP contribution in [0.25, 0.3) is 0 Å². The molecule has 0 bridgehead atoms. The fraction of sp³-hybridized carbons (Fsp3) is 0.429. The number of nitrogens with two attached hydrogens (primary N) is 1. The molecule has 1 saturated heterocycles. The Labute approximate surface area is 126 Å². The number of piperidine rings is 1. The van der Waals surface area contributed by atoms with E-state index in [0.717, 1.165) is 0 Å². The Bertz CT molecular complexity index is 580. The predicted octanol–water partition coefficient (Wildman–Crippen LogP) is 1.99. The molecule has 114 valence electrons. The minimum atomic E-state index is -1.06. The number of hydrogen-bond donors (Lipinski definition) is 1. The van der Waals surface area contributed by atoms with Crippen LogP contribution in [0.2, 0.25) is 0 Å². The molecule has 0 amide bonds. The van der Waals surface area contributed by atoms with E-state index >= 15 is 0 Å². The molecule has 1 aromatic rings. The van der Waals surface area contributed by atoms with Gasteiger partial charge in [0.05, 0.1) is 18.7 Å². The van der Waals surface area contributed by atoms with Crippen molar-refractivity contribution in [1.82, 2.24) is 0 Å². The number of anilines is 1. The summed E-state index contributed by atoms with van der Waals surface area (Å²) < 4.78 is 32.8. The van der Waals surface area contributed by atoms with Gasteiger partial charge >= 0.3 is 5.97 Å². The van der Waals surface area contributed by atoms with Crippen molar-refractivity contribution in [2.75, 3.05) is 25.1 Å². The molecule has 1 aliphatic rings. The van der Waals surface area contributed by atoms with Crippen LogP contribution in [-0.2, 0) is 9.53 Å². The summed E-state index contributed by atoms with van der Waals surface area (Å²) in [6.07, 6.45) is 1.39. The maximum absolute atomic E-state index is 14.2. The third-order valence-corrected chi connectivity index (χ3v) is 3.84. The number of rotatable bonds is 3. The van der Waals surface area contributed by atoms with Crippen LogP contribution in [0.4, 0.5) is 14.5 Å². The van der Waals surface area contributed by atoms with Crippen LogP contribution in [0, 0.1) is 17.6 Å². The second-order valence-corrected chi connectivity index (χ2v) is 5.37. The number of hydrogen-bond acceptors (Lipinski definition) is 4. The van der Waals surface area contributed by atoms with Crippen LogP contribution in [0.1, 0.15) is 18.4 Å². The van der Waals surface area contributed by atoms with Crippen LogP contribution < -0.4 is 10.6 Å². The zero-order valence-electron chi connectivity index (χ0n) is 11.6. The standard InChI is InChI=1S/C14H16F2N2O2S/c1-20-14(19)8-3-2-6-18(7-8)10-5-4-9(13(17)21)11(15)12(10)16/h4-5,8H,2-3,6-7H2,1H3,(H2,17,21). The molecule has 2 rings (SSSR count). The van der Waals surface area contributed by atoms with Crippen molar-refractivity contribution in [1.29, 1.82) is 0 Å². The first-order valence-electron chi connectivity index (χ1n) is 6.56. The number of esters is 1. The summed E-state index contributed by atoms with van der Waals surface area (Å²) in [7, 11) is 1.32. The van der Waals surface area contributed by atoms with Crippen LogP contribution in [0.5, 0.6) is 0 Å². The summed E-state index contributed by atoms with van der Waals surface area (Å²) in [5.74, 6) is -2.71. The molecule has 1 aromatic carbocycles. The Balaban J connectivity index is 2.28. The van der Waals surface area contributed by atoms with Crippen molar-refractivity contribution in [3.63, 3.8) is 0 Å². The second kappa shape index (κ2) is 6.34. The zero-order valence-corrected chi connectivity index (χ0v) is 12.4. The van der Waals surface area contributed by atoms with Gasteiger partial charge in [-0.05, 0) is 25.0 Å². The zero-order chi connectivity index (χ0) is 15.6. The molecular formula is C14H16F2N2O2S. The Morgan fingerprint density at radius 3 is 2.76 bits per heavy atom. The van der Waals surface area contributed by atoms with Gasteiger partial charge < -0.3 is 15.4 Å². The van der Waals surface area contributed by atoms with E-state index < -0.39 is 11.6 Å². The highest BCUT2D eigenvalue weighted by molar-refractivity contribution is 7.80. The van der Waals surface area contributed by atoms with Gasteiger partial charge in [0.15, 0.2) is 11.6 Å². The molecule has 4 nitrogen and oxygen atoms in total. The maximum Gasteiger partial charge on any atom is 0.310 e.